The van der Waals surface area contributed by atoms with Gasteiger partial charge in [0.2, 0.25) is 5.91 Å². The van der Waals surface area contributed by atoms with Gasteiger partial charge in [-0.3, -0.25) is 9.20 Å². The lowest BCUT2D eigenvalue weighted by Gasteiger charge is -2.30. The molecular weight excluding hydrogens is 459 g/mol. The molecule has 4 rings (SSSR count). The van der Waals surface area contributed by atoms with Gasteiger partial charge in [0, 0.05) is 25.4 Å². The fraction of sp³-hybridized carbons (Fsp3) is 0.588. The van der Waals surface area contributed by atoms with Crippen molar-refractivity contribution in [2.24, 2.45) is 0 Å². The van der Waals surface area contributed by atoms with E-state index in [9.17, 15) is 13.2 Å². The van der Waals surface area contributed by atoms with Crippen molar-refractivity contribution in [3.8, 4) is 0 Å². The fourth-order valence-electron chi connectivity index (χ4n) is 3.69. The summed E-state index contributed by atoms with van der Waals surface area (Å²) in [6.45, 7) is 1.09. The third-order valence-electron chi connectivity index (χ3n) is 5.11. The lowest BCUT2D eigenvalue weighted by molar-refractivity contribution is -0.131. The first-order valence-corrected chi connectivity index (χ1v) is 12.8. The molecule has 2 aromatic heterocycles. The maximum atomic E-state index is 13.0. The summed E-state index contributed by atoms with van der Waals surface area (Å²) >= 11 is 13.4. The van der Waals surface area contributed by atoms with E-state index in [2.05, 4.69) is 10.2 Å². The second-order valence-corrected chi connectivity index (χ2v) is 11.2. The maximum Gasteiger partial charge on any atom is 0.233 e. The molecule has 0 unspecified atom stereocenters. The predicted octanol–water partition coefficient (Wildman–Crippen LogP) is 2.32. The third-order valence-corrected chi connectivity index (χ3v) is 8.28. The molecule has 4 heterocycles. The first-order chi connectivity index (χ1) is 13.8. The highest BCUT2D eigenvalue weighted by Gasteiger charge is 2.36. The van der Waals surface area contributed by atoms with Crippen LogP contribution in [0, 0.1) is 0 Å². The van der Waals surface area contributed by atoms with Gasteiger partial charge in [0.15, 0.2) is 20.6 Å². The average Bonchev–Trinajstić information content (AvgIpc) is 3.38. The Bertz CT molecular complexity index is 1020. The standard InChI is InChI=1S/C17H20Cl2N4O4S2/c18-11-6-14(19)16-20-21-17(23(16)7-11)28-9-15(24)22(8-13-2-1-4-27-13)12-3-5-29(25,26)10-12/h6-7,12-13H,1-5,8-10H2/t12-,13-/m1/s1. The van der Waals surface area contributed by atoms with E-state index in [1.54, 1.807) is 21.6 Å². The molecule has 2 aliphatic heterocycles. The molecule has 2 fully saturated rings. The van der Waals surface area contributed by atoms with E-state index >= 15 is 0 Å². The highest BCUT2D eigenvalue weighted by Crippen LogP contribution is 2.27. The number of amides is 1. The molecule has 2 saturated heterocycles. The summed E-state index contributed by atoms with van der Waals surface area (Å²) in [5.41, 5.74) is 0.462. The lowest BCUT2D eigenvalue weighted by Crippen LogP contribution is -2.46. The van der Waals surface area contributed by atoms with Gasteiger partial charge < -0.3 is 9.64 Å². The van der Waals surface area contributed by atoms with Crippen LogP contribution in [0.3, 0.4) is 0 Å². The van der Waals surface area contributed by atoms with Gasteiger partial charge in [-0.15, -0.1) is 10.2 Å². The van der Waals surface area contributed by atoms with Crippen LogP contribution < -0.4 is 0 Å². The summed E-state index contributed by atoms with van der Waals surface area (Å²) in [7, 11) is -3.10. The Hall–Kier alpha value is -1.07. The molecule has 0 radical (unpaired) electrons. The number of carbonyl (C=O) groups excluding carboxylic acids is 1. The van der Waals surface area contributed by atoms with Crippen molar-refractivity contribution in [3.63, 3.8) is 0 Å². The van der Waals surface area contributed by atoms with Gasteiger partial charge in [-0.25, -0.2) is 8.42 Å². The molecule has 0 aliphatic carbocycles. The molecular formula is C17H20Cl2N4O4S2. The minimum atomic E-state index is -3.10. The molecule has 1 amide bonds. The zero-order valence-corrected chi connectivity index (χ0v) is 18.6. The molecule has 0 aromatic carbocycles. The van der Waals surface area contributed by atoms with E-state index in [-0.39, 0.29) is 35.3 Å². The van der Waals surface area contributed by atoms with Crippen LogP contribution in [0.25, 0.3) is 5.65 Å². The molecule has 2 atom stereocenters. The van der Waals surface area contributed by atoms with Crippen molar-refractivity contribution < 1.29 is 17.9 Å². The van der Waals surface area contributed by atoms with Crippen LogP contribution in [0.15, 0.2) is 17.4 Å². The molecule has 12 heteroatoms. The Balaban J connectivity index is 1.49. The number of thioether (sulfide) groups is 1. The number of carbonyl (C=O) groups is 1. The zero-order valence-electron chi connectivity index (χ0n) is 15.5. The Labute approximate surface area is 182 Å². The normalized spacial score (nSPS) is 23.7. The van der Waals surface area contributed by atoms with E-state index < -0.39 is 9.84 Å². The van der Waals surface area contributed by atoms with Crippen molar-refractivity contribution >= 4 is 56.4 Å². The van der Waals surface area contributed by atoms with Gasteiger partial charge in [0.25, 0.3) is 0 Å². The fourth-order valence-corrected chi connectivity index (χ4v) is 6.73. The monoisotopic (exact) mass is 478 g/mol. The molecule has 0 spiro atoms. The highest BCUT2D eigenvalue weighted by molar-refractivity contribution is 7.99. The van der Waals surface area contributed by atoms with Crippen LogP contribution in [0.2, 0.25) is 10.0 Å². The number of nitrogens with zero attached hydrogens (tertiary/aromatic N) is 4. The van der Waals surface area contributed by atoms with Crippen molar-refractivity contribution in [3.05, 3.63) is 22.3 Å². The number of rotatable bonds is 6. The van der Waals surface area contributed by atoms with Gasteiger partial charge in [0.05, 0.1) is 33.4 Å². The van der Waals surface area contributed by atoms with Crippen LogP contribution in [0.5, 0.6) is 0 Å². The van der Waals surface area contributed by atoms with Crippen LogP contribution in [0.1, 0.15) is 19.3 Å². The van der Waals surface area contributed by atoms with E-state index in [1.165, 1.54) is 11.8 Å². The summed E-state index contributed by atoms with van der Waals surface area (Å²) in [4.78, 5) is 14.7. The van der Waals surface area contributed by atoms with E-state index in [0.29, 0.717) is 40.4 Å². The number of hydrogen-bond acceptors (Lipinski definition) is 7. The van der Waals surface area contributed by atoms with Gasteiger partial charge >= 0.3 is 0 Å². The molecule has 158 valence electrons. The Morgan fingerprint density at radius 3 is 2.86 bits per heavy atom. The van der Waals surface area contributed by atoms with Crippen LogP contribution in [-0.2, 0) is 19.4 Å². The first-order valence-electron chi connectivity index (χ1n) is 9.26. The maximum absolute atomic E-state index is 13.0. The van der Waals surface area contributed by atoms with Crippen LogP contribution in [0.4, 0.5) is 0 Å². The second-order valence-electron chi connectivity index (χ2n) is 7.21. The molecule has 2 aliphatic rings. The Morgan fingerprint density at radius 1 is 1.34 bits per heavy atom. The predicted molar refractivity (Wildman–Crippen MR) is 111 cm³/mol. The number of aromatic nitrogens is 3. The van der Waals surface area contributed by atoms with Crippen molar-refractivity contribution in [2.45, 2.75) is 36.6 Å². The van der Waals surface area contributed by atoms with Gasteiger partial charge in [-0.2, -0.15) is 0 Å². The summed E-state index contributed by atoms with van der Waals surface area (Å²) in [6.07, 6.45) is 3.90. The number of hydrogen-bond donors (Lipinski definition) is 0. The van der Waals surface area contributed by atoms with Crippen molar-refractivity contribution in [1.29, 1.82) is 0 Å². The molecule has 0 saturated carbocycles. The quantitative estimate of drug-likeness (QED) is 0.587. The number of ether oxygens (including phenoxy) is 1. The average molecular weight is 479 g/mol. The Kier molecular flexibility index (Phi) is 6.27. The number of sulfone groups is 1. The van der Waals surface area contributed by atoms with Gasteiger partial charge in [-0.05, 0) is 25.3 Å². The smallest absolute Gasteiger partial charge is 0.233 e. The Morgan fingerprint density at radius 2 is 2.17 bits per heavy atom. The molecule has 0 N–H and O–H groups in total. The van der Waals surface area contributed by atoms with Gasteiger partial charge in [0.1, 0.15) is 0 Å². The van der Waals surface area contributed by atoms with Crippen LogP contribution in [-0.4, -0.2) is 76.4 Å². The van der Waals surface area contributed by atoms with Gasteiger partial charge in [-0.1, -0.05) is 35.0 Å². The zero-order chi connectivity index (χ0) is 20.6. The molecule has 0 bridgehead atoms. The van der Waals surface area contributed by atoms with Crippen molar-refractivity contribution in [1.82, 2.24) is 19.5 Å². The highest BCUT2D eigenvalue weighted by atomic mass is 35.5. The topological polar surface area (TPSA) is 93.9 Å². The van der Waals surface area contributed by atoms with E-state index in [1.807, 2.05) is 0 Å². The number of pyridine rings is 1. The summed E-state index contributed by atoms with van der Waals surface area (Å²) in [5.74, 6) is 0.0902. The first kappa shape index (κ1) is 21.2. The third kappa shape index (κ3) is 4.82. The lowest BCUT2D eigenvalue weighted by atomic mass is 10.1. The minimum absolute atomic E-state index is 0.00913. The largest absolute Gasteiger partial charge is 0.376 e. The molecule has 29 heavy (non-hydrogen) atoms. The second kappa shape index (κ2) is 8.58. The van der Waals surface area contributed by atoms with Crippen LogP contribution >= 0.6 is 35.0 Å². The molecule has 2 aromatic rings. The van der Waals surface area contributed by atoms with E-state index in [0.717, 1.165) is 12.8 Å². The van der Waals surface area contributed by atoms with Crippen molar-refractivity contribution in [2.75, 3.05) is 30.4 Å². The molecule has 8 nitrogen and oxygen atoms in total. The van der Waals surface area contributed by atoms with E-state index in [4.69, 9.17) is 27.9 Å². The summed E-state index contributed by atoms with van der Waals surface area (Å²) in [6, 6.07) is 1.27. The summed E-state index contributed by atoms with van der Waals surface area (Å²) in [5, 5.41) is 9.44. The number of halogens is 2. The minimum Gasteiger partial charge on any atom is -0.376 e. The SMILES string of the molecule is O=C(CSc1nnc2c(Cl)cc(Cl)cn12)N(C[C@H]1CCCO1)[C@@H]1CCS(=O)(=O)C1. The summed E-state index contributed by atoms with van der Waals surface area (Å²) < 4.78 is 31.2. The number of fused-ring (bicyclic) bond motifs is 1.